The van der Waals surface area contributed by atoms with Gasteiger partial charge in [0.05, 0.1) is 6.10 Å². The van der Waals surface area contributed by atoms with Crippen LogP contribution in [0.15, 0.2) is 0 Å². The first-order valence-electron chi connectivity index (χ1n) is 6.40. The first-order valence-corrected chi connectivity index (χ1v) is 6.40. The molecule has 0 radical (unpaired) electrons. The van der Waals surface area contributed by atoms with E-state index in [-0.39, 0.29) is 6.10 Å². The molecule has 0 rings (SSSR count). The third-order valence-corrected chi connectivity index (χ3v) is 3.02. The summed E-state index contributed by atoms with van der Waals surface area (Å²) in [5, 5.41) is 9.84. The second kappa shape index (κ2) is 9.51. The number of hydrogen-bond donors (Lipinski definition) is 1. The Labute approximate surface area is 89.9 Å². The maximum absolute atomic E-state index is 9.84. The van der Waals surface area contributed by atoms with Crippen LogP contribution in [0.25, 0.3) is 0 Å². The van der Waals surface area contributed by atoms with Crippen molar-refractivity contribution in [2.75, 3.05) is 0 Å². The Hall–Kier alpha value is -0.0400. The molecule has 1 nitrogen and oxygen atoms in total. The van der Waals surface area contributed by atoms with Gasteiger partial charge in [-0.15, -0.1) is 0 Å². The predicted octanol–water partition coefficient (Wildman–Crippen LogP) is 4.14. The van der Waals surface area contributed by atoms with Crippen LogP contribution in [0.4, 0.5) is 0 Å². The minimum absolute atomic E-state index is 0.0570. The average molecular weight is 200 g/mol. The first-order chi connectivity index (χ1) is 6.72. The highest BCUT2D eigenvalue weighted by atomic mass is 16.3. The van der Waals surface area contributed by atoms with E-state index in [1.165, 1.54) is 44.9 Å². The van der Waals surface area contributed by atoms with Gasteiger partial charge in [0.15, 0.2) is 0 Å². The van der Waals surface area contributed by atoms with E-state index >= 15 is 0 Å². The largest absolute Gasteiger partial charge is 0.393 e. The summed E-state index contributed by atoms with van der Waals surface area (Å²) in [5.74, 6) is 0.499. The van der Waals surface area contributed by atoms with Crippen molar-refractivity contribution in [1.82, 2.24) is 0 Å². The van der Waals surface area contributed by atoms with Crippen molar-refractivity contribution in [2.45, 2.75) is 78.2 Å². The van der Waals surface area contributed by atoms with E-state index in [0.717, 1.165) is 6.42 Å². The standard InChI is InChI=1S/C13H28O/c1-4-6-8-10-12(3)13(14)11-9-7-5-2/h12-14H,4-11H2,1-3H3. The lowest BCUT2D eigenvalue weighted by Crippen LogP contribution is -2.17. The zero-order valence-corrected chi connectivity index (χ0v) is 10.3. The Bertz CT molecular complexity index is 97.8. The normalized spacial score (nSPS) is 15.4. The summed E-state index contributed by atoms with van der Waals surface area (Å²) >= 11 is 0. The molecule has 0 aromatic carbocycles. The number of rotatable bonds is 9. The van der Waals surface area contributed by atoms with Crippen LogP contribution in [0.2, 0.25) is 0 Å². The number of hydrogen-bond acceptors (Lipinski definition) is 1. The molecule has 0 aliphatic heterocycles. The molecular formula is C13H28O. The fourth-order valence-electron chi connectivity index (χ4n) is 1.80. The Morgan fingerprint density at radius 1 is 0.857 bits per heavy atom. The summed E-state index contributed by atoms with van der Waals surface area (Å²) in [7, 11) is 0. The number of aliphatic hydroxyl groups excluding tert-OH is 1. The fourth-order valence-corrected chi connectivity index (χ4v) is 1.80. The van der Waals surface area contributed by atoms with E-state index < -0.39 is 0 Å². The molecule has 0 aliphatic rings. The molecule has 0 aliphatic carbocycles. The Morgan fingerprint density at radius 3 is 1.86 bits per heavy atom. The Kier molecular flexibility index (Phi) is 9.49. The molecule has 2 unspecified atom stereocenters. The minimum atomic E-state index is -0.0570. The second-order valence-corrected chi connectivity index (χ2v) is 4.54. The van der Waals surface area contributed by atoms with E-state index in [4.69, 9.17) is 0 Å². The maximum Gasteiger partial charge on any atom is 0.0565 e. The van der Waals surface area contributed by atoms with Crippen LogP contribution in [0.1, 0.15) is 72.1 Å². The quantitative estimate of drug-likeness (QED) is 0.554. The highest BCUT2D eigenvalue weighted by molar-refractivity contribution is 4.64. The molecule has 0 saturated heterocycles. The van der Waals surface area contributed by atoms with Crippen molar-refractivity contribution in [2.24, 2.45) is 5.92 Å². The summed E-state index contributed by atoms with van der Waals surface area (Å²) in [6, 6.07) is 0. The topological polar surface area (TPSA) is 20.2 Å². The van der Waals surface area contributed by atoms with Gasteiger partial charge >= 0.3 is 0 Å². The third kappa shape index (κ3) is 7.37. The lowest BCUT2D eigenvalue weighted by atomic mass is 9.94. The summed E-state index contributed by atoms with van der Waals surface area (Å²) < 4.78 is 0. The summed E-state index contributed by atoms with van der Waals surface area (Å²) in [5.41, 5.74) is 0. The summed E-state index contributed by atoms with van der Waals surface area (Å²) in [6.45, 7) is 6.62. The molecule has 0 aromatic rings. The highest BCUT2D eigenvalue weighted by Gasteiger charge is 2.12. The van der Waals surface area contributed by atoms with Crippen LogP contribution >= 0.6 is 0 Å². The van der Waals surface area contributed by atoms with Crippen LogP contribution in [-0.2, 0) is 0 Å². The van der Waals surface area contributed by atoms with Crippen LogP contribution in [-0.4, -0.2) is 11.2 Å². The minimum Gasteiger partial charge on any atom is -0.393 e. The number of aliphatic hydroxyl groups is 1. The predicted molar refractivity (Wildman–Crippen MR) is 63.5 cm³/mol. The van der Waals surface area contributed by atoms with Gasteiger partial charge < -0.3 is 5.11 Å². The molecule has 1 heteroatoms. The Morgan fingerprint density at radius 2 is 1.36 bits per heavy atom. The zero-order valence-electron chi connectivity index (χ0n) is 10.3. The number of unbranched alkanes of at least 4 members (excludes halogenated alkanes) is 4. The van der Waals surface area contributed by atoms with Crippen molar-refractivity contribution in [3.63, 3.8) is 0 Å². The monoisotopic (exact) mass is 200 g/mol. The average Bonchev–Trinajstić information content (AvgIpc) is 2.18. The van der Waals surface area contributed by atoms with Crippen LogP contribution in [0, 0.1) is 5.92 Å². The third-order valence-electron chi connectivity index (χ3n) is 3.02. The molecule has 0 aromatic heterocycles. The van der Waals surface area contributed by atoms with Gasteiger partial charge in [-0.3, -0.25) is 0 Å². The van der Waals surface area contributed by atoms with Gasteiger partial charge in [0.25, 0.3) is 0 Å². The molecule has 0 fully saturated rings. The maximum atomic E-state index is 9.84. The summed E-state index contributed by atoms with van der Waals surface area (Å²) in [4.78, 5) is 0. The molecule has 0 bridgehead atoms. The van der Waals surface area contributed by atoms with Crippen molar-refractivity contribution < 1.29 is 5.11 Å². The lowest BCUT2D eigenvalue weighted by Gasteiger charge is -2.18. The van der Waals surface area contributed by atoms with Gasteiger partial charge in [-0.1, -0.05) is 59.3 Å². The molecule has 0 amide bonds. The van der Waals surface area contributed by atoms with E-state index in [1.807, 2.05) is 0 Å². The molecule has 1 N–H and O–H groups in total. The van der Waals surface area contributed by atoms with Crippen LogP contribution in [0.5, 0.6) is 0 Å². The van der Waals surface area contributed by atoms with Gasteiger partial charge in [-0.2, -0.15) is 0 Å². The van der Waals surface area contributed by atoms with Gasteiger partial charge in [-0.25, -0.2) is 0 Å². The molecule has 2 atom stereocenters. The van der Waals surface area contributed by atoms with Gasteiger partial charge in [0.2, 0.25) is 0 Å². The van der Waals surface area contributed by atoms with E-state index in [0.29, 0.717) is 5.92 Å². The molecule has 0 saturated carbocycles. The van der Waals surface area contributed by atoms with Crippen LogP contribution < -0.4 is 0 Å². The first kappa shape index (κ1) is 14.0. The molecular weight excluding hydrogens is 172 g/mol. The van der Waals surface area contributed by atoms with Crippen molar-refractivity contribution in [3.05, 3.63) is 0 Å². The van der Waals surface area contributed by atoms with Gasteiger partial charge in [0, 0.05) is 0 Å². The van der Waals surface area contributed by atoms with E-state index in [9.17, 15) is 5.11 Å². The summed E-state index contributed by atoms with van der Waals surface area (Å²) in [6.07, 6.45) is 9.71. The molecule has 0 heterocycles. The zero-order chi connectivity index (χ0) is 10.8. The smallest absolute Gasteiger partial charge is 0.0565 e. The van der Waals surface area contributed by atoms with E-state index in [2.05, 4.69) is 20.8 Å². The highest BCUT2D eigenvalue weighted by Crippen LogP contribution is 2.17. The SMILES string of the molecule is CCCCCC(C)C(O)CCCCC. The lowest BCUT2D eigenvalue weighted by molar-refractivity contribution is 0.0987. The van der Waals surface area contributed by atoms with Crippen LogP contribution in [0.3, 0.4) is 0 Å². The molecule has 14 heavy (non-hydrogen) atoms. The second-order valence-electron chi connectivity index (χ2n) is 4.54. The molecule has 0 spiro atoms. The fraction of sp³-hybridized carbons (Fsp3) is 1.00. The van der Waals surface area contributed by atoms with Gasteiger partial charge in [0.1, 0.15) is 0 Å². The molecule has 86 valence electrons. The van der Waals surface area contributed by atoms with Crippen molar-refractivity contribution in [3.8, 4) is 0 Å². The Balaban J connectivity index is 3.39. The van der Waals surface area contributed by atoms with Crippen molar-refractivity contribution in [1.29, 1.82) is 0 Å². The van der Waals surface area contributed by atoms with E-state index in [1.54, 1.807) is 0 Å². The van der Waals surface area contributed by atoms with Gasteiger partial charge in [-0.05, 0) is 18.8 Å². The van der Waals surface area contributed by atoms with Crippen molar-refractivity contribution >= 4 is 0 Å².